The second-order valence-corrected chi connectivity index (χ2v) is 4.98. The van der Waals surface area contributed by atoms with Crippen molar-refractivity contribution in [2.45, 2.75) is 18.9 Å². The van der Waals surface area contributed by atoms with E-state index in [0.29, 0.717) is 5.56 Å². The first-order valence-electron chi connectivity index (χ1n) is 6.00. The molecule has 1 saturated heterocycles. The number of nitrogens with two attached hydrogens (primary N) is 1. The number of hydrogen-bond acceptors (Lipinski definition) is 3. The van der Waals surface area contributed by atoms with Crippen molar-refractivity contribution in [2.75, 3.05) is 25.1 Å². The van der Waals surface area contributed by atoms with E-state index in [1.165, 1.54) is 12.1 Å². The fraction of sp³-hybridized carbons (Fsp3) is 0.462. The van der Waals surface area contributed by atoms with E-state index < -0.39 is 0 Å². The van der Waals surface area contributed by atoms with Crippen molar-refractivity contribution in [1.82, 2.24) is 0 Å². The Hall–Kier alpha value is -1.20. The molecular formula is C13H17FN2OS. The van der Waals surface area contributed by atoms with E-state index in [-0.39, 0.29) is 16.9 Å². The molecule has 5 heteroatoms. The SMILES string of the molecule is CN(CC1CCCO1)c1ccc(F)cc1C(N)=S. The first kappa shape index (κ1) is 13.2. The van der Waals surface area contributed by atoms with Crippen LogP contribution in [0.3, 0.4) is 0 Å². The highest BCUT2D eigenvalue weighted by atomic mass is 32.1. The van der Waals surface area contributed by atoms with Gasteiger partial charge in [0.1, 0.15) is 10.8 Å². The zero-order chi connectivity index (χ0) is 13.1. The van der Waals surface area contributed by atoms with Gasteiger partial charge in [-0.25, -0.2) is 4.39 Å². The maximum atomic E-state index is 13.2. The molecule has 0 amide bonds. The number of thiocarbonyl (C=S) groups is 1. The molecule has 0 aromatic heterocycles. The van der Waals surface area contributed by atoms with Crippen LogP contribution in [-0.4, -0.2) is 31.3 Å². The molecule has 1 aromatic carbocycles. The van der Waals surface area contributed by atoms with Gasteiger partial charge in [0.15, 0.2) is 0 Å². The predicted octanol–water partition coefficient (Wildman–Crippen LogP) is 2.08. The molecule has 1 fully saturated rings. The largest absolute Gasteiger partial charge is 0.389 e. The molecule has 2 N–H and O–H groups in total. The van der Waals surface area contributed by atoms with Crippen molar-refractivity contribution in [3.63, 3.8) is 0 Å². The molecule has 1 aliphatic rings. The van der Waals surface area contributed by atoms with Gasteiger partial charge in [-0.15, -0.1) is 0 Å². The van der Waals surface area contributed by atoms with E-state index in [9.17, 15) is 4.39 Å². The van der Waals surface area contributed by atoms with Crippen LogP contribution in [0.5, 0.6) is 0 Å². The lowest BCUT2D eigenvalue weighted by molar-refractivity contribution is 0.116. The molecule has 0 bridgehead atoms. The average Bonchev–Trinajstić information content (AvgIpc) is 2.81. The molecule has 0 saturated carbocycles. The van der Waals surface area contributed by atoms with E-state index in [1.54, 1.807) is 6.07 Å². The molecule has 2 rings (SSSR count). The van der Waals surface area contributed by atoms with Crippen LogP contribution < -0.4 is 10.6 Å². The third kappa shape index (κ3) is 2.97. The van der Waals surface area contributed by atoms with Gasteiger partial charge in [0.2, 0.25) is 0 Å². The summed E-state index contributed by atoms with van der Waals surface area (Å²) < 4.78 is 18.8. The van der Waals surface area contributed by atoms with Crippen LogP contribution in [0.4, 0.5) is 10.1 Å². The number of benzene rings is 1. The van der Waals surface area contributed by atoms with E-state index in [4.69, 9.17) is 22.7 Å². The zero-order valence-corrected chi connectivity index (χ0v) is 11.2. The highest BCUT2D eigenvalue weighted by molar-refractivity contribution is 7.80. The Bertz CT molecular complexity index is 447. The zero-order valence-electron chi connectivity index (χ0n) is 10.4. The van der Waals surface area contributed by atoms with Gasteiger partial charge < -0.3 is 15.4 Å². The lowest BCUT2D eigenvalue weighted by Gasteiger charge is -2.25. The van der Waals surface area contributed by atoms with Crippen LogP contribution in [0.2, 0.25) is 0 Å². The number of rotatable bonds is 4. The highest BCUT2D eigenvalue weighted by Gasteiger charge is 2.19. The molecule has 18 heavy (non-hydrogen) atoms. The Balaban J connectivity index is 2.17. The lowest BCUT2D eigenvalue weighted by Crippen LogP contribution is -2.30. The number of hydrogen-bond donors (Lipinski definition) is 1. The maximum absolute atomic E-state index is 13.2. The van der Waals surface area contributed by atoms with E-state index >= 15 is 0 Å². The van der Waals surface area contributed by atoms with Crippen molar-refractivity contribution in [3.05, 3.63) is 29.6 Å². The quantitative estimate of drug-likeness (QED) is 0.849. The molecule has 3 nitrogen and oxygen atoms in total. The molecule has 1 unspecified atom stereocenters. The molecule has 98 valence electrons. The van der Waals surface area contributed by atoms with Gasteiger partial charge in [0.25, 0.3) is 0 Å². The summed E-state index contributed by atoms with van der Waals surface area (Å²) in [5.41, 5.74) is 7.06. The Morgan fingerprint density at radius 1 is 1.61 bits per heavy atom. The van der Waals surface area contributed by atoms with E-state index in [0.717, 1.165) is 31.7 Å². The van der Waals surface area contributed by atoms with E-state index in [1.807, 2.05) is 11.9 Å². The second kappa shape index (κ2) is 5.63. The van der Waals surface area contributed by atoms with Gasteiger partial charge in [-0.2, -0.15) is 0 Å². The van der Waals surface area contributed by atoms with Gasteiger partial charge in [-0.3, -0.25) is 0 Å². The van der Waals surface area contributed by atoms with Gasteiger partial charge in [0.05, 0.1) is 6.10 Å². The smallest absolute Gasteiger partial charge is 0.124 e. The molecule has 1 atom stereocenters. The summed E-state index contributed by atoms with van der Waals surface area (Å²) in [6.45, 7) is 1.59. The second-order valence-electron chi connectivity index (χ2n) is 4.54. The summed E-state index contributed by atoms with van der Waals surface area (Å²) in [5, 5.41) is 0. The maximum Gasteiger partial charge on any atom is 0.124 e. The summed E-state index contributed by atoms with van der Waals surface area (Å²) in [6, 6.07) is 4.51. The number of nitrogens with zero attached hydrogens (tertiary/aromatic N) is 1. The van der Waals surface area contributed by atoms with Gasteiger partial charge in [-0.1, -0.05) is 12.2 Å². The third-order valence-corrected chi connectivity index (χ3v) is 3.36. The Morgan fingerprint density at radius 3 is 3.00 bits per heavy atom. The number of anilines is 1. The fourth-order valence-electron chi connectivity index (χ4n) is 2.23. The average molecular weight is 268 g/mol. The summed E-state index contributed by atoms with van der Waals surface area (Å²) >= 11 is 4.96. The van der Waals surface area contributed by atoms with Crippen LogP contribution in [-0.2, 0) is 4.74 Å². The summed E-state index contributed by atoms with van der Waals surface area (Å²) in [4.78, 5) is 2.23. The molecule has 1 heterocycles. The Labute approximate surface area is 112 Å². The Kier molecular flexibility index (Phi) is 4.14. The van der Waals surface area contributed by atoms with Crippen molar-refractivity contribution < 1.29 is 9.13 Å². The van der Waals surface area contributed by atoms with E-state index in [2.05, 4.69) is 0 Å². The van der Waals surface area contributed by atoms with Crippen LogP contribution in [0.25, 0.3) is 0 Å². The first-order chi connectivity index (χ1) is 8.58. The van der Waals surface area contributed by atoms with Crippen molar-refractivity contribution >= 4 is 22.9 Å². The van der Waals surface area contributed by atoms with Gasteiger partial charge in [0, 0.05) is 31.5 Å². The summed E-state index contributed by atoms with van der Waals surface area (Å²) in [5.74, 6) is -0.327. The summed E-state index contributed by atoms with van der Waals surface area (Å²) in [7, 11) is 1.94. The minimum Gasteiger partial charge on any atom is -0.389 e. The molecule has 1 aliphatic heterocycles. The van der Waals surface area contributed by atoms with Gasteiger partial charge in [-0.05, 0) is 31.0 Å². The Morgan fingerprint density at radius 2 is 2.39 bits per heavy atom. The van der Waals surface area contributed by atoms with Crippen molar-refractivity contribution in [3.8, 4) is 0 Å². The predicted molar refractivity (Wildman–Crippen MR) is 74.5 cm³/mol. The van der Waals surface area contributed by atoms with Crippen LogP contribution in [0.1, 0.15) is 18.4 Å². The van der Waals surface area contributed by atoms with Crippen LogP contribution >= 0.6 is 12.2 Å². The molecule has 0 radical (unpaired) electrons. The standard InChI is InChI=1S/C13H17FN2OS/c1-16(8-10-3-2-6-17-10)12-5-4-9(14)7-11(12)13(15)18/h4-5,7,10H,2-3,6,8H2,1H3,(H2,15,18). The van der Waals surface area contributed by atoms with Crippen LogP contribution in [0, 0.1) is 5.82 Å². The number of likely N-dealkylation sites (N-methyl/N-ethyl adjacent to an activating group) is 1. The number of ether oxygens (including phenoxy) is 1. The molecule has 0 spiro atoms. The monoisotopic (exact) mass is 268 g/mol. The minimum absolute atomic E-state index is 0.212. The normalized spacial score (nSPS) is 18.9. The molecule has 0 aliphatic carbocycles. The topological polar surface area (TPSA) is 38.5 Å². The first-order valence-corrected chi connectivity index (χ1v) is 6.41. The highest BCUT2D eigenvalue weighted by Crippen LogP contribution is 2.23. The van der Waals surface area contributed by atoms with Gasteiger partial charge >= 0.3 is 0 Å². The fourth-order valence-corrected chi connectivity index (χ4v) is 2.39. The minimum atomic E-state index is -0.327. The third-order valence-electron chi connectivity index (χ3n) is 3.14. The summed E-state index contributed by atoms with van der Waals surface area (Å²) in [6.07, 6.45) is 2.40. The van der Waals surface area contributed by atoms with Crippen LogP contribution in [0.15, 0.2) is 18.2 Å². The number of halogens is 1. The molecular weight excluding hydrogens is 251 g/mol. The lowest BCUT2D eigenvalue weighted by atomic mass is 10.1. The van der Waals surface area contributed by atoms with Crippen molar-refractivity contribution in [2.24, 2.45) is 5.73 Å². The van der Waals surface area contributed by atoms with Crippen molar-refractivity contribution in [1.29, 1.82) is 0 Å². The molecule has 1 aromatic rings.